The van der Waals surface area contributed by atoms with E-state index < -0.39 is 17.4 Å². The van der Waals surface area contributed by atoms with Crippen molar-refractivity contribution in [1.82, 2.24) is 20.2 Å². The Morgan fingerprint density at radius 1 is 1.44 bits per heavy atom. The zero-order chi connectivity index (χ0) is 17.6. The molecule has 0 fully saturated rings. The van der Waals surface area contributed by atoms with Gasteiger partial charge in [0, 0.05) is 5.03 Å². The molecule has 1 aromatic carbocycles. The van der Waals surface area contributed by atoms with E-state index >= 15 is 4.39 Å². The van der Waals surface area contributed by atoms with Crippen molar-refractivity contribution in [2.75, 3.05) is 5.32 Å². The monoisotopic (exact) mass is 361 g/mol. The third-order valence-electron chi connectivity index (χ3n) is 4.04. The lowest BCUT2D eigenvalue weighted by molar-refractivity contribution is 0.320. The fourth-order valence-corrected chi connectivity index (χ4v) is 2.89. The normalized spacial score (nSPS) is 20.0. The van der Waals surface area contributed by atoms with Crippen molar-refractivity contribution >= 4 is 28.3 Å². The molecule has 128 valence electrons. The van der Waals surface area contributed by atoms with Gasteiger partial charge in [-0.1, -0.05) is 28.9 Å². The first kappa shape index (κ1) is 15.6. The van der Waals surface area contributed by atoms with Gasteiger partial charge in [-0.2, -0.15) is 0 Å². The number of nitrogens with zero attached hydrogens (tertiary/aromatic N) is 3. The number of aromatic nitrogens is 4. The first-order valence-corrected chi connectivity index (χ1v) is 7.84. The molecule has 7 nitrogen and oxygen atoms in total. The van der Waals surface area contributed by atoms with Crippen LogP contribution in [0.5, 0.6) is 6.08 Å². The average molecular weight is 362 g/mol. The summed E-state index contributed by atoms with van der Waals surface area (Å²) >= 11 is 5.97. The van der Waals surface area contributed by atoms with Gasteiger partial charge < -0.3 is 19.8 Å². The Morgan fingerprint density at radius 2 is 2.28 bits per heavy atom. The summed E-state index contributed by atoms with van der Waals surface area (Å²) in [5.74, 6) is -0.561. The van der Waals surface area contributed by atoms with Crippen LogP contribution in [0, 0.1) is 5.82 Å². The highest BCUT2D eigenvalue weighted by molar-refractivity contribution is 6.31. The first-order valence-electron chi connectivity index (χ1n) is 7.47. The van der Waals surface area contributed by atoms with Crippen LogP contribution in [0.4, 0.5) is 10.1 Å². The molecular weight excluding hydrogens is 349 g/mol. The first-order chi connectivity index (χ1) is 12.0. The maximum atomic E-state index is 15.1. The summed E-state index contributed by atoms with van der Waals surface area (Å²) in [5, 5.41) is 20.3. The van der Waals surface area contributed by atoms with Gasteiger partial charge in [0.2, 0.25) is 0 Å². The number of halogens is 2. The highest BCUT2D eigenvalue weighted by Gasteiger charge is 2.28. The van der Waals surface area contributed by atoms with Gasteiger partial charge in [-0.3, -0.25) is 0 Å². The molecule has 3 N–H and O–H groups in total. The van der Waals surface area contributed by atoms with Crippen LogP contribution < -0.4 is 5.32 Å². The van der Waals surface area contributed by atoms with Gasteiger partial charge in [-0.05, 0) is 25.5 Å². The number of benzene rings is 1. The summed E-state index contributed by atoms with van der Waals surface area (Å²) in [7, 11) is 0. The van der Waals surface area contributed by atoms with Crippen molar-refractivity contribution in [2.24, 2.45) is 0 Å². The highest BCUT2D eigenvalue weighted by Crippen LogP contribution is 2.38. The Bertz CT molecular complexity index is 1020. The molecule has 4 rings (SSSR count). The molecular formula is C16H13ClFN5O2. The molecule has 1 atom stereocenters. The smallest absolute Gasteiger partial charge is 0.412 e. The van der Waals surface area contributed by atoms with E-state index in [0.717, 1.165) is 0 Å². The van der Waals surface area contributed by atoms with Crippen molar-refractivity contribution in [3.8, 4) is 17.5 Å². The van der Waals surface area contributed by atoms with E-state index in [-0.39, 0.29) is 17.1 Å². The second kappa shape index (κ2) is 5.59. The average Bonchev–Trinajstić information content (AvgIpc) is 3.22. The number of imidazole rings is 1. The molecule has 0 aliphatic heterocycles. The maximum Gasteiger partial charge on any atom is 0.412 e. The summed E-state index contributed by atoms with van der Waals surface area (Å²) in [6.45, 7) is 1.91. The van der Waals surface area contributed by atoms with Crippen LogP contribution in [0.2, 0.25) is 0 Å². The Kier molecular flexibility index (Phi) is 3.50. The summed E-state index contributed by atoms with van der Waals surface area (Å²) in [6, 6.07) is 1.64. The summed E-state index contributed by atoms with van der Waals surface area (Å²) < 4.78 is 20.2. The summed E-state index contributed by atoms with van der Waals surface area (Å²) in [6.07, 6.45) is 6.83. The van der Waals surface area contributed by atoms with E-state index in [2.05, 4.69) is 25.5 Å². The molecule has 0 bridgehead atoms. The number of fused-ring (bicyclic) bond motifs is 1. The molecule has 0 amide bonds. The Hall–Kier alpha value is -2.87. The Morgan fingerprint density at radius 3 is 2.96 bits per heavy atom. The van der Waals surface area contributed by atoms with Crippen LogP contribution in [0.15, 0.2) is 40.1 Å². The van der Waals surface area contributed by atoms with Gasteiger partial charge in [-0.15, -0.1) is 5.10 Å². The second-order valence-electron chi connectivity index (χ2n) is 5.97. The fraction of sp³-hybridized carbons (Fsp3) is 0.188. The lowest BCUT2D eigenvalue weighted by atomic mass is 9.92. The van der Waals surface area contributed by atoms with Gasteiger partial charge in [0.1, 0.15) is 5.52 Å². The van der Waals surface area contributed by atoms with Crippen molar-refractivity contribution in [2.45, 2.75) is 18.9 Å². The van der Waals surface area contributed by atoms with Crippen LogP contribution in [0.1, 0.15) is 13.3 Å². The van der Waals surface area contributed by atoms with E-state index in [0.29, 0.717) is 22.5 Å². The SMILES string of the molecule is CC1(Nc2c(-c3nnc(O)o3)cc3[nH]cnc3c2F)C=CC(Cl)=CC1. The van der Waals surface area contributed by atoms with Gasteiger partial charge in [0.25, 0.3) is 5.89 Å². The van der Waals surface area contributed by atoms with Gasteiger partial charge in [0.05, 0.1) is 28.6 Å². The Labute approximate surface area is 146 Å². The number of H-pyrrole nitrogens is 1. The molecule has 2 aromatic heterocycles. The third-order valence-corrected chi connectivity index (χ3v) is 4.32. The quantitative estimate of drug-likeness (QED) is 0.657. The molecule has 0 radical (unpaired) electrons. The van der Waals surface area contributed by atoms with Crippen LogP contribution in [-0.4, -0.2) is 30.8 Å². The molecule has 1 aliphatic rings. The van der Waals surface area contributed by atoms with E-state index in [1.165, 1.54) is 6.33 Å². The number of aromatic amines is 1. The second-order valence-corrected chi connectivity index (χ2v) is 6.41. The number of rotatable bonds is 3. The standard InChI is InChI=1S/C16H13ClFN5O2/c1-16(4-2-8(17)3-5-16)21-12-9(14-22-23-15(24)25-14)6-10-13(11(12)18)20-7-19-10/h2-4,6-7,21H,5H2,1H3,(H,19,20)(H,23,24). The van der Waals surface area contributed by atoms with Crippen LogP contribution in [-0.2, 0) is 0 Å². The zero-order valence-electron chi connectivity index (χ0n) is 13.0. The number of hydrogen-bond donors (Lipinski definition) is 3. The third kappa shape index (κ3) is 2.74. The number of nitrogens with one attached hydrogen (secondary N) is 2. The largest absolute Gasteiger partial charge is 0.465 e. The predicted molar refractivity (Wildman–Crippen MR) is 90.7 cm³/mol. The number of hydrogen-bond acceptors (Lipinski definition) is 6. The predicted octanol–water partition coefficient (Wildman–Crippen LogP) is 3.71. The summed E-state index contributed by atoms with van der Waals surface area (Å²) in [5.41, 5.74) is 0.564. The Balaban J connectivity index is 1.86. The molecule has 0 saturated heterocycles. The van der Waals surface area contributed by atoms with E-state index in [1.54, 1.807) is 12.1 Å². The van der Waals surface area contributed by atoms with E-state index in [1.807, 2.05) is 19.1 Å². The van der Waals surface area contributed by atoms with Crippen molar-refractivity contribution in [3.63, 3.8) is 0 Å². The van der Waals surface area contributed by atoms with E-state index in [4.69, 9.17) is 16.0 Å². The minimum atomic E-state index is -0.593. The molecule has 1 unspecified atom stereocenters. The molecule has 1 aliphatic carbocycles. The van der Waals surface area contributed by atoms with Crippen LogP contribution in [0.3, 0.4) is 0 Å². The molecule has 9 heteroatoms. The topological polar surface area (TPSA) is 99.9 Å². The number of aromatic hydroxyl groups is 1. The summed E-state index contributed by atoms with van der Waals surface area (Å²) in [4.78, 5) is 6.86. The molecule has 0 saturated carbocycles. The molecule has 25 heavy (non-hydrogen) atoms. The van der Waals surface area contributed by atoms with Gasteiger partial charge in [0.15, 0.2) is 5.82 Å². The minimum Gasteiger partial charge on any atom is -0.465 e. The van der Waals surface area contributed by atoms with Crippen molar-refractivity contribution in [1.29, 1.82) is 0 Å². The van der Waals surface area contributed by atoms with Crippen molar-refractivity contribution < 1.29 is 13.9 Å². The highest BCUT2D eigenvalue weighted by atomic mass is 35.5. The number of allylic oxidation sites excluding steroid dienone is 2. The lowest BCUT2D eigenvalue weighted by Crippen LogP contribution is -2.33. The lowest BCUT2D eigenvalue weighted by Gasteiger charge is -2.30. The van der Waals surface area contributed by atoms with Crippen LogP contribution in [0.25, 0.3) is 22.5 Å². The number of anilines is 1. The van der Waals surface area contributed by atoms with Crippen molar-refractivity contribution in [3.05, 3.63) is 41.5 Å². The molecule has 0 spiro atoms. The zero-order valence-corrected chi connectivity index (χ0v) is 13.8. The van der Waals surface area contributed by atoms with Crippen LogP contribution >= 0.6 is 11.6 Å². The molecule has 3 aromatic rings. The maximum absolute atomic E-state index is 15.1. The minimum absolute atomic E-state index is 0.00707. The van der Waals surface area contributed by atoms with Gasteiger partial charge in [-0.25, -0.2) is 9.37 Å². The molecule has 2 heterocycles. The van der Waals surface area contributed by atoms with E-state index in [9.17, 15) is 5.11 Å². The fourth-order valence-electron chi connectivity index (χ4n) is 2.74. The van der Waals surface area contributed by atoms with Gasteiger partial charge >= 0.3 is 6.08 Å².